The summed E-state index contributed by atoms with van der Waals surface area (Å²) in [5.74, 6) is 0.463. The minimum atomic E-state index is -4.33. The third-order valence-corrected chi connectivity index (χ3v) is 5.60. The molecule has 0 unspecified atom stereocenters. The Hall–Kier alpha value is -3.40. The van der Waals surface area contributed by atoms with Gasteiger partial charge in [-0.3, -0.25) is 9.69 Å². The van der Waals surface area contributed by atoms with E-state index in [0.717, 1.165) is 32.1 Å². The number of alkyl halides is 3. The topological polar surface area (TPSA) is 66.3 Å². The van der Waals surface area contributed by atoms with Gasteiger partial charge in [0.15, 0.2) is 5.82 Å². The van der Waals surface area contributed by atoms with E-state index >= 15 is 0 Å². The average Bonchev–Trinajstić information content (AvgIpc) is 3.37. The van der Waals surface area contributed by atoms with Gasteiger partial charge in [0.1, 0.15) is 0 Å². The fourth-order valence-electron chi connectivity index (χ4n) is 3.78. The number of hydrogen-bond acceptors (Lipinski definition) is 5. The lowest BCUT2D eigenvalue weighted by molar-refractivity contribution is -0.137. The van der Waals surface area contributed by atoms with Crippen molar-refractivity contribution in [2.24, 2.45) is 0 Å². The first-order chi connectivity index (χ1) is 15.9. The second-order valence-electron chi connectivity index (χ2n) is 7.84. The number of halogens is 3. The second kappa shape index (κ2) is 10.0. The molecule has 1 N–H and O–H groups in total. The summed E-state index contributed by atoms with van der Waals surface area (Å²) in [7, 11) is 0. The number of pyridine rings is 1. The van der Waals surface area contributed by atoms with E-state index in [2.05, 4.69) is 20.3 Å². The third-order valence-electron chi connectivity index (χ3n) is 5.60. The molecule has 3 aromatic rings. The Morgan fingerprint density at radius 2 is 1.88 bits per heavy atom. The van der Waals surface area contributed by atoms with Gasteiger partial charge in [0.05, 0.1) is 11.1 Å². The van der Waals surface area contributed by atoms with Gasteiger partial charge in [-0.2, -0.15) is 18.3 Å². The maximum absolute atomic E-state index is 12.9. The maximum atomic E-state index is 12.9. The average molecular weight is 458 g/mol. The van der Waals surface area contributed by atoms with Crippen LogP contribution in [0, 0.1) is 0 Å². The highest BCUT2D eigenvalue weighted by atomic mass is 19.4. The maximum Gasteiger partial charge on any atom is 0.416 e. The van der Waals surface area contributed by atoms with Crippen LogP contribution in [0.15, 0.2) is 61.1 Å². The lowest BCUT2D eigenvalue weighted by Crippen LogP contribution is -2.47. The van der Waals surface area contributed by atoms with Gasteiger partial charge in [-0.25, -0.2) is 9.67 Å². The summed E-state index contributed by atoms with van der Waals surface area (Å²) >= 11 is 0. The largest absolute Gasteiger partial charge is 0.416 e. The molecule has 2 aromatic heterocycles. The van der Waals surface area contributed by atoms with Crippen molar-refractivity contribution in [3.8, 4) is 5.82 Å². The summed E-state index contributed by atoms with van der Waals surface area (Å²) < 4.78 is 40.5. The van der Waals surface area contributed by atoms with Crippen LogP contribution in [0.3, 0.4) is 0 Å². The number of benzene rings is 1. The Morgan fingerprint density at radius 3 is 2.55 bits per heavy atom. The molecule has 4 rings (SSSR count). The zero-order valence-corrected chi connectivity index (χ0v) is 18.0. The molecule has 1 aliphatic rings. The van der Waals surface area contributed by atoms with Crippen molar-refractivity contribution in [3.05, 3.63) is 72.2 Å². The van der Waals surface area contributed by atoms with E-state index < -0.39 is 11.7 Å². The highest BCUT2D eigenvalue weighted by molar-refractivity contribution is 5.93. The van der Waals surface area contributed by atoms with Crippen molar-refractivity contribution >= 4 is 11.6 Å². The first-order valence-corrected chi connectivity index (χ1v) is 10.8. The SMILES string of the molecule is O=C(NCCCN1CCN(c2cccc(C(F)(F)F)c2)CC1)c1ccc(-n2cccn2)nc1. The summed E-state index contributed by atoms with van der Waals surface area (Å²) in [6, 6.07) is 10.7. The molecule has 7 nitrogen and oxygen atoms in total. The number of carbonyl (C=O) groups excluding carboxylic acids is 1. The summed E-state index contributed by atoms with van der Waals surface area (Å²) in [6.07, 6.45) is 1.42. The number of amides is 1. The molecule has 0 radical (unpaired) electrons. The van der Waals surface area contributed by atoms with Gasteiger partial charge in [0, 0.05) is 57.0 Å². The number of nitrogens with one attached hydrogen (secondary N) is 1. The number of rotatable bonds is 7. The Labute approximate surface area is 189 Å². The van der Waals surface area contributed by atoms with Gasteiger partial charge in [-0.1, -0.05) is 6.07 Å². The van der Waals surface area contributed by atoms with E-state index in [1.165, 1.54) is 18.3 Å². The van der Waals surface area contributed by atoms with Gasteiger partial charge in [-0.05, 0) is 49.4 Å². The molecule has 1 saturated heterocycles. The van der Waals surface area contributed by atoms with Crippen LogP contribution in [0.4, 0.5) is 18.9 Å². The van der Waals surface area contributed by atoms with Crippen molar-refractivity contribution in [1.29, 1.82) is 0 Å². The number of nitrogens with zero attached hydrogens (tertiary/aromatic N) is 5. The standard InChI is InChI=1S/C23H25F3N6O/c24-23(25,26)19-4-1-5-20(16-19)31-14-12-30(13-15-31)10-2-8-27-22(33)18-6-7-21(28-17-18)32-11-3-9-29-32/h1,3-7,9,11,16-17H,2,8,10,12-15H2,(H,27,33). The highest BCUT2D eigenvalue weighted by Gasteiger charge is 2.31. The first kappa shape index (κ1) is 22.8. The number of aromatic nitrogens is 3. The minimum Gasteiger partial charge on any atom is -0.369 e. The van der Waals surface area contributed by atoms with Crippen LogP contribution in [0.25, 0.3) is 5.82 Å². The van der Waals surface area contributed by atoms with Gasteiger partial charge in [0.2, 0.25) is 0 Å². The molecular formula is C23H25F3N6O. The molecular weight excluding hydrogens is 433 g/mol. The zero-order chi connectivity index (χ0) is 23.3. The van der Waals surface area contributed by atoms with E-state index in [-0.39, 0.29) is 5.91 Å². The van der Waals surface area contributed by atoms with E-state index in [1.54, 1.807) is 41.3 Å². The van der Waals surface area contributed by atoms with E-state index in [1.807, 2.05) is 4.90 Å². The van der Waals surface area contributed by atoms with Gasteiger partial charge >= 0.3 is 6.18 Å². The van der Waals surface area contributed by atoms with Crippen molar-refractivity contribution in [2.45, 2.75) is 12.6 Å². The minimum absolute atomic E-state index is 0.177. The Morgan fingerprint density at radius 1 is 1.06 bits per heavy atom. The lowest BCUT2D eigenvalue weighted by Gasteiger charge is -2.36. The monoisotopic (exact) mass is 458 g/mol. The van der Waals surface area contributed by atoms with Gasteiger partial charge in [-0.15, -0.1) is 0 Å². The summed E-state index contributed by atoms with van der Waals surface area (Å²) in [5, 5.41) is 7.00. The Kier molecular flexibility index (Phi) is 6.93. The molecule has 0 atom stereocenters. The van der Waals surface area contributed by atoms with E-state index in [4.69, 9.17) is 0 Å². The van der Waals surface area contributed by atoms with Crippen LogP contribution in [-0.2, 0) is 6.18 Å². The van der Waals surface area contributed by atoms with Crippen LogP contribution in [0.1, 0.15) is 22.3 Å². The zero-order valence-electron chi connectivity index (χ0n) is 18.0. The molecule has 3 heterocycles. The van der Waals surface area contributed by atoms with Gasteiger partial charge in [0.25, 0.3) is 5.91 Å². The molecule has 1 amide bonds. The fourth-order valence-corrected chi connectivity index (χ4v) is 3.78. The summed E-state index contributed by atoms with van der Waals surface area (Å²) in [4.78, 5) is 20.8. The lowest BCUT2D eigenvalue weighted by atomic mass is 10.1. The van der Waals surface area contributed by atoms with Crippen molar-refractivity contribution in [2.75, 3.05) is 44.2 Å². The molecule has 0 spiro atoms. The molecule has 0 saturated carbocycles. The quantitative estimate of drug-likeness (QED) is 0.551. The predicted molar refractivity (Wildman–Crippen MR) is 118 cm³/mol. The highest BCUT2D eigenvalue weighted by Crippen LogP contribution is 2.31. The van der Waals surface area contributed by atoms with Crippen LogP contribution >= 0.6 is 0 Å². The summed E-state index contributed by atoms with van der Waals surface area (Å²) in [6.45, 7) is 4.22. The first-order valence-electron chi connectivity index (χ1n) is 10.8. The molecule has 1 aliphatic heterocycles. The molecule has 33 heavy (non-hydrogen) atoms. The molecule has 10 heteroatoms. The molecule has 1 fully saturated rings. The predicted octanol–water partition coefficient (Wildman–Crippen LogP) is 3.23. The number of hydrogen-bond donors (Lipinski definition) is 1. The smallest absolute Gasteiger partial charge is 0.369 e. The molecule has 1 aromatic carbocycles. The normalized spacial score (nSPS) is 14.9. The second-order valence-corrected chi connectivity index (χ2v) is 7.84. The van der Waals surface area contributed by atoms with E-state index in [9.17, 15) is 18.0 Å². The van der Waals surface area contributed by atoms with Crippen molar-refractivity contribution in [1.82, 2.24) is 25.0 Å². The Bertz CT molecular complexity index is 1040. The number of piperazine rings is 1. The molecule has 174 valence electrons. The third kappa shape index (κ3) is 5.89. The number of anilines is 1. The van der Waals surface area contributed by atoms with Crippen molar-refractivity contribution < 1.29 is 18.0 Å². The van der Waals surface area contributed by atoms with Crippen LogP contribution in [0.2, 0.25) is 0 Å². The van der Waals surface area contributed by atoms with Gasteiger partial charge < -0.3 is 10.2 Å². The number of carbonyl (C=O) groups is 1. The molecule has 0 aliphatic carbocycles. The van der Waals surface area contributed by atoms with E-state index in [0.29, 0.717) is 36.7 Å². The van der Waals surface area contributed by atoms with Crippen LogP contribution < -0.4 is 10.2 Å². The molecule has 0 bridgehead atoms. The Balaban J connectivity index is 1.17. The van der Waals surface area contributed by atoms with Crippen LogP contribution in [-0.4, -0.2) is 64.8 Å². The van der Waals surface area contributed by atoms with Crippen LogP contribution in [0.5, 0.6) is 0 Å². The summed E-state index contributed by atoms with van der Waals surface area (Å²) in [5.41, 5.74) is 0.467. The van der Waals surface area contributed by atoms with Crippen molar-refractivity contribution in [3.63, 3.8) is 0 Å². The fraction of sp³-hybridized carbons (Fsp3) is 0.348.